The maximum absolute atomic E-state index is 11.5. The predicted molar refractivity (Wildman–Crippen MR) is 70.6 cm³/mol. The summed E-state index contributed by atoms with van der Waals surface area (Å²) in [5.41, 5.74) is 12.4. The topological polar surface area (TPSA) is 98.2 Å². The van der Waals surface area contributed by atoms with Crippen LogP contribution in [0.15, 0.2) is 24.3 Å². The molecule has 0 aliphatic rings. The van der Waals surface area contributed by atoms with Gasteiger partial charge in [0.2, 0.25) is 11.8 Å². The van der Waals surface area contributed by atoms with Crippen molar-refractivity contribution in [2.45, 2.75) is 25.7 Å². The van der Waals surface area contributed by atoms with Gasteiger partial charge in [-0.05, 0) is 30.5 Å². The zero-order valence-corrected chi connectivity index (χ0v) is 10.3. The number of nitrogens with two attached hydrogens (primary N) is 2. The lowest BCUT2D eigenvalue weighted by Crippen LogP contribution is -2.25. The number of nitrogens with one attached hydrogen (secondary N) is 1. The summed E-state index contributed by atoms with van der Waals surface area (Å²) in [6, 6.07) is 7.46. The number of primary amides is 1. The quantitative estimate of drug-likeness (QED) is 0.487. The van der Waals surface area contributed by atoms with Crippen LogP contribution in [-0.2, 0) is 16.0 Å². The highest BCUT2D eigenvalue weighted by molar-refractivity contribution is 5.76. The number of carbonyl (C=O) groups is 2. The fourth-order valence-corrected chi connectivity index (χ4v) is 1.52. The lowest BCUT2D eigenvalue weighted by Gasteiger charge is -2.04. The van der Waals surface area contributed by atoms with Gasteiger partial charge in [0.05, 0.1) is 0 Å². The van der Waals surface area contributed by atoms with Gasteiger partial charge in [-0.3, -0.25) is 9.59 Å². The Bertz CT molecular complexity index is 401. The van der Waals surface area contributed by atoms with Gasteiger partial charge in [0.15, 0.2) is 0 Å². The lowest BCUT2D eigenvalue weighted by molar-refractivity contribution is -0.121. The van der Waals surface area contributed by atoms with Crippen molar-refractivity contribution in [1.29, 1.82) is 0 Å². The summed E-state index contributed by atoms with van der Waals surface area (Å²) < 4.78 is 0. The summed E-state index contributed by atoms with van der Waals surface area (Å²) >= 11 is 0. The van der Waals surface area contributed by atoms with Crippen molar-refractivity contribution in [2.75, 3.05) is 12.3 Å². The first-order chi connectivity index (χ1) is 8.58. The fraction of sp³-hybridized carbons (Fsp3) is 0.385. The molecule has 0 aromatic heterocycles. The molecule has 1 rings (SSSR count). The van der Waals surface area contributed by atoms with Crippen LogP contribution >= 0.6 is 0 Å². The molecule has 98 valence electrons. The summed E-state index contributed by atoms with van der Waals surface area (Å²) in [5.74, 6) is -0.359. The number of rotatable bonds is 7. The van der Waals surface area contributed by atoms with Crippen molar-refractivity contribution >= 4 is 17.5 Å². The third-order valence-corrected chi connectivity index (χ3v) is 2.54. The molecule has 0 saturated heterocycles. The Morgan fingerprint density at radius 3 is 2.39 bits per heavy atom. The van der Waals surface area contributed by atoms with E-state index >= 15 is 0 Å². The third-order valence-electron chi connectivity index (χ3n) is 2.54. The van der Waals surface area contributed by atoms with Crippen molar-refractivity contribution in [3.8, 4) is 0 Å². The second-order valence-corrected chi connectivity index (χ2v) is 4.16. The van der Waals surface area contributed by atoms with E-state index in [-0.39, 0.29) is 11.8 Å². The second kappa shape index (κ2) is 7.32. The molecule has 0 atom stereocenters. The van der Waals surface area contributed by atoms with E-state index in [1.807, 2.05) is 24.3 Å². The molecule has 0 radical (unpaired) electrons. The highest BCUT2D eigenvalue weighted by atomic mass is 16.2. The molecule has 0 unspecified atom stereocenters. The van der Waals surface area contributed by atoms with Crippen molar-refractivity contribution < 1.29 is 9.59 Å². The highest BCUT2D eigenvalue weighted by Gasteiger charge is 2.02. The van der Waals surface area contributed by atoms with Crippen molar-refractivity contribution in [1.82, 2.24) is 5.32 Å². The van der Waals surface area contributed by atoms with Crippen molar-refractivity contribution in [3.63, 3.8) is 0 Å². The normalized spacial score (nSPS) is 10.0. The molecule has 0 spiro atoms. The lowest BCUT2D eigenvalue weighted by atomic mass is 10.1. The summed E-state index contributed by atoms with van der Waals surface area (Å²) in [5, 5.41) is 2.75. The molecular weight excluding hydrogens is 230 g/mol. The molecule has 1 aromatic carbocycles. The van der Waals surface area contributed by atoms with Crippen molar-refractivity contribution in [2.24, 2.45) is 5.73 Å². The number of hydrogen-bond donors (Lipinski definition) is 3. The minimum atomic E-state index is -0.342. The smallest absolute Gasteiger partial charge is 0.220 e. The monoisotopic (exact) mass is 249 g/mol. The van der Waals surface area contributed by atoms with Gasteiger partial charge in [-0.1, -0.05) is 12.1 Å². The molecule has 5 heteroatoms. The van der Waals surface area contributed by atoms with Gasteiger partial charge in [-0.25, -0.2) is 0 Å². The molecule has 0 saturated carbocycles. The van der Waals surface area contributed by atoms with Gasteiger partial charge < -0.3 is 16.8 Å². The van der Waals surface area contributed by atoms with E-state index in [4.69, 9.17) is 11.5 Å². The number of aryl methyl sites for hydroxylation is 1. The van der Waals surface area contributed by atoms with Crippen LogP contribution in [0.4, 0.5) is 5.69 Å². The van der Waals surface area contributed by atoms with E-state index in [0.717, 1.165) is 11.3 Å². The SMILES string of the molecule is NC(=O)CCCNC(=O)CCc1ccc(N)cc1. The Balaban J connectivity index is 2.17. The van der Waals surface area contributed by atoms with Crippen LogP contribution < -0.4 is 16.8 Å². The molecule has 0 bridgehead atoms. The average Bonchev–Trinajstić information content (AvgIpc) is 2.34. The highest BCUT2D eigenvalue weighted by Crippen LogP contribution is 2.07. The first kappa shape index (κ1) is 14.0. The third kappa shape index (κ3) is 5.89. The summed E-state index contributed by atoms with van der Waals surface area (Å²) in [7, 11) is 0. The van der Waals surface area contributed by atoms with Gasteiger partial charge in [-0.15, -0.1) is 0 Å². The molecule has 1 aromatic rings. The minimum Gasteiger partial charge on any atom is -0.399 e. The van der Waals surface area contributed by atoms with E-state index < -0.39 is 0 Å². The standard InChI is InChI=1S/C13H19N3O2/c14-11-6-3-10(4-7-11)5-8-13(18)16-9-1-2-12(15)17/h3-4,6-7H,1-2,5,8-9,14H2,(H2,15,17)(H,16,18). The zero-order chi connectivity index (χ0) is 13.4. The van der Waals surface area contributed by atoms with Gasteiger partial charge in [0.25, 0.3) is 0 Å². The summed E-state index contributed by atoms with van der Waals surface area (Å²) in [6.07, 6.45) is 2.00. The average molecular weight is 249 g/mol. The van der Waals surface area contributed by atoms with Crippen LogP contribution in [-0.4, -0.2) is 18.4 Å². The van der Waals surface area contributed by atoms with Gasteiger partial charge in [0.1, 0.15) is 0 Å². The van der Waals surface area contributed by atoms with Gasteiger partial charge >= 0.3 is 0 Å². The molecule has 0 fully saturated rings. The van der Waals surface area contributed by atoms with E-state index in [1.54, 1.807) is 0 Å². The molecule has 0 aliphatic heterocycles. The molecule has 5 N–H and O–H groups in total. The van der Waals surface area contributed by atoms with Crippen LogP contribution in [0.1, 0.15) is 24.8 Å². The molecule has 0 heterocycles. The molecule has 18 heavy (non-hydrogen) atoms. The number of carbonyl (C=O) groups excluding carboxylic acids is 2. The Morgan fingerprint density at radius 2 is 1.78 bits per heavy atom. The first-order valence-electron chi connectivity index (χ1n) is 5.97. The molecule has 0 aliphatic carbocycles. The van der Waals surface area contributed by atoms with E-state index in [1.165, 1.54) is 0 Å². The molecule has 2 amide bonds. The Labute approximate surface area is 107 Å². The number of hydrogen-bond acceptors (Lipinski definition) is 3. The number of nitrogen functional groups attached to an aromatic ring is 1. The largest absolute Gasteiger partial charge is 0.399 e. The molecular formula is C13H19N3O2. The number of anilines is 1. The Hall–Kier alpha value is -2.04. The number of benzene rings is 1. The van der Waals surface area contributed by atoms with Crippen molar-refractivity contribution in [3.05, 3.63) is 29.8 Å². The van der Waals surface area contributed by atoms with Crippen LogP contribution in [0.2, 0.25) is 0 Å². The molecule has 5 nitrogen and oxygen atoms in total. The van der Waals surface area contributed by atoms with Gasteiger partial charge in [-0.2, -0.15) is 0 Å². The maximum atomic E-state index is 11.5. The number of amides is 2. The van der Waals surface area contributed by atoms with Crippen LogP contribution in [0.3, 0.4) is 0 Å². The van der Waals surface area contributed by atoms with E-state index in [0.29, 0.717) is 32.2 Å². The van der Waals surface area contributed by atoms with Crippen LogP contribution in [0, 0.1) is 0 Å². The van der Waals surface area contributed by atoms with Gasteiger partial charge in [0, 0.05) is 25.1 Å². The van der Waals surface area contributed by atoms with E-state index in [2.05, 4.69) is 5.32 Å². The fourth-order valence-electron chi connectivity index (χ4n) is 1.52. The summed E-state index contributed by atoms with van der Waals surface area (Å²) in [4.78, 5) is 22.0. The minimum absolute atomic E-state index is 0.0173. The maximum Gasteiger partial charge on any atom is 0.220 e. The Morgan fingerprint density at radius 1 is 1.11 bits per heavy atom. The second-order valence-electron chi connectivity index (χ2n) is 4.16. The zero-order valence-electron chi connectivity index (χ0n) is 10.3. The van der Waals surface area contributed by atoms with Crippen LogP contribution in [0.5, 0.6) is 0 Å². The predicted octanol–water partition coefficient (Wildman–Crippen LogP) is 0.583. The van der Waals surface area contributed by atoms with E-state index in [9.17, 15) is 9.59 Å². The summed E-state index contributed by atoms with van der Waals surface area (Å²) in [6.45, 7) is 0.490. The first-order valence-corrected chi connectivity index (χ1v) is 5.97. The Kier molecular flexibility index (Phi) is 5.70. The van der Waals surface area contributed by atoms with Crippen LogP contribution in [0.25, 0.3) is 0 Å².